The summed E-state index contributed by atoms with van der Waals surface area (Å²) in [5.74, 6) is 0. The van der Waals surface area contributed by atoms with Crippen molar-refractivity contribution in [1.29, 1.82) is 5.26 Å². The Balaban J connectivity index is 0.000000292. The van der Waals surface area contributed by atoms with Crippen molar-refractivity contribution in [1.82, 2.24) is 0 Å². The highest BCUT2D eigenvalue weighted by Gasteiger charge is 1.75. The average molecular weight is 147 g/mol. The van der Waals surface area contributed by atoms with E-state index in [-0.39, 0.29) is 0 Å². The molecule has 1 aromatic carbocycles. The van der Waals surface area contributed by atoms with Crippen LogP contribution in [0, 0.1) is 11.5 Å². The van der Waals surface area contributed by atoms with Crippen molar-refractivity contribution in [2.45, 2.75) is 0 Å². The lowest BCUT2D eigenvalue weighted by Crippen LogP contribution is -1.63. The molecule has 0 aromatic heterocycles. The maximum Gasteiger partial charge on any atom is 0.283 e. The summed E-state index contributed by atoms with van der Waals surface area (Å²) in [5, 5.41) is 13.8. The quantitative estimate of drug-likeness (QED) is 0.618. The number of nitriles is 1. The van der Waals surface area contributed by atoms with Crippen molar-refractivity contribution in [3.05, 3.63) is 42.5 Å². The summed E-state index contributed by atoms with van der Waals surface area (Å²) < 4.78 is 0. The maximum absolute atomic E-state index is 6.88. The van der Waals surface area contributed by atoms with Gasteiger partial charge in [0, 0.05) is 0 Å². The van der Waals surface area contributed by atoms with Gasteiger partial charge in [0.05, 0.1) is 0 Å². The average Bonchev–Trinajstić information content (AvgIpc) is 2.08. The van der Waals surface area contributed by atoms with Crippen LogP contribution >= 0.6 is 0 Å². The van der Waals surface area contributed by atoms with Crippen molar-refractivity contribution >= 4 is 6.08 Å². The van der Waals surface area contributed by atoms with E-state index in [2.05, 4.69) is 6.58 Å². The molecule has 11 heavy (non-hydrogen) atoms. The number of nitrogens with zero attached hydrogens (tertiary/aromatic N) is 1. The number of hydrogen-bond acceptors (Lipinski definition) is 2. The molecule has 0 amide bonds. The van der Waals surface area contributed by atoms with Gasteiger partial charge >= 0.3 is 0 Å². The van der Waals surface area contributed by atoms with E-state index in [0.717, 1.165) is 6.26 Å². The zero-order valence-corrected chi connectivity index (χ0v) is 6.07. The summed E-state index contributed by atoms with van der Waals surface area (Å²) in [7, 11) is 0. The van der Waals surface area contributed by atoms with Gasteiger partial charge in [-0.1, -0.05) is 43.0 Å². The summed E-state index contributed by atoms with van der Waals surface area (Å²) in [6, 6.07) is 10.0. The standard InChI is InChI=1S/C8H8.CHNO/c1-2-8-6-4-3-5-7-8;2-1-3/h2-7H,1H2;3H. The molecule has 0 atom stereocenters. The van der Waals surface area contributed by atoms with E-state index in [9.17, 15) is 0 Å². The molecule has 0 bridgehead atoms. The minimum absolute atomic E-state index is 0.750. The molecule has 1 aromatic rings. The van der Waals surface area contributed by atoms with Crippen LogP contribution in [0.4, 0.5) is 0 Å². The lowest BCUT2D eigenvalue weighted by Gasteiger charge is -1.85. The molecule has 2 heteroatoms. The fourth-order valence-electron chi connectivity index (χ4n) is 0.589. The van der Waals surface area contributed by atoms with Crippen LogP contribution in [0.15, 0.2) is 36.9 Å². The highest BCUT2D eigenvalue weighted by Crippen LogP contribution is 1.97. The Kier molecular flexibility index (Phi) is 5.36. The third-order valence-electron chi connectivity index (χ3n) is 1.04. The summed E-state index contributed by atoms with van der Waals surface area (Å²) in [6.45, 7) is 3.63. The number of aliphatic hydroxyl groups excluding tert-OH is 1. The molecule has 0 radical (unpaired) electrons. The zero-order valence-electron chi connectivity index (χ0n) is 6.07. The Morgan fingerprint density at radius 3 is 2.09 bits per heavy atom. The Hall–Kier alpha value is -1.75. The largest absolute Gasteiger partial charge is 0.443 e. The number of hydrogen-bond donors (Lipinski definition) is 1. The van der Waals surface area contributed by atoms with Gasteiger partial charge in [-0.05, 0) is 5.56 Å². The van der Waals surface area contributed by atoms with Crippen molar-refractivity contribution in [3.8, 4) is 6.26 Å². The molecule has 1 rings (SSSR count). The van der Waals surface area contributed by atoms with Crippen molar-refractivity contribution in [2.24, 2.45) is 0 Å². The van der Waals surface area contributed by atoms with E-state index in [1.54, 1.807) is 0 Å². The maximum atomic E-state index is 6.88. The SMILES string of the molecule is C=Cc1ccccc1.N#CO. The molecule has 0 saturated heterocycles. The third-order valence-corrected chi connectivity index (χ3v) is 1.04. The first-order valence-corrected chi connectivity index (χ1v) is 3.05. The van der Waals surface area contributed by atoms with E-state index in [0.29, 0.717) is 0 Å². The summed E-state index contributed by atoms with van der Waals surface area (Å²) in [6.07, 6.45) is 2.58. The Bertz CT molecular complexity index is 235. The minimum atomic E-state index is 0.750. The molecule has 0 aliphatic carbocycles. The number of aliphatic hydroxyl groups is 1. The van der Waals surface area contributed by atoms with Crippen LogP contribution in [0.2, 0.25) is 0 Å². The second-order valence-electron chi connectivity index (χ2n) is 1.71. The van der Waals surface area contributed by atoms with Gasteiger partial charge in [0.25, 0.3) is 6.26 Å². The van der Waals surface area contributed by atoms with Crippen LogP contribution in [0.1, 0.15) is 5.56 Å². The van der Waals surface area contributed by atoms with Crippen molar-refractivity contribution < 1.29 is 5.11 Å². The van der Waals surface area contributed by atoms with Gasteiger partial charge in [0.2, 0.25) is 0 Å². The van der Waals surface area contributed by atoms with E-state index in [1.807, 2.05) is 36.4 Å². The lowest BCUT2D eigenvalue weighted by atomic mass is 10.2. The number of rotatable bonds is 1. The Morgan fingerprint density at radius 1 is 1.36 bits per heavy atom. The third kappa shape index (κ3) is 4.73. The van der Waals surface area contributed by atoms with Crippen LogP contribution in [-0.2, 0) is 0 Å². The van der Waals surface area contributed by atoms with Crippen LogP contribution in [0.5, 0.6) is 0 Å². The fraction of sp³-hybridized carbons (Fsp3) is 0. The first-order valence-electron chi connectivity index (χ1n) is 3.05. The van der Waals surface area contributed by atoms with Crippen LogP contribution in [-0.4, -0.2) is 5.11 Å². The van der Waals surface area contributed by atoms with Crippen molar-refractivity contribution in [2.75, 3.05) is 0 Å². The molecular weight excluding hydrogens is 138 g/mol. The number of benzene rings is 1. The molecular formula is C9H9NO. The summed E-state index contributed by atoms with van der Waals surface area (Å²) >= 11 is 0. The molecule has 0 aliphatic rings. The summed E-state index contributed by atoms with van der Waals surface area (Å²) in [4.78, 5) is 0. The van der Waals surface area contributed by atoms with E-state index in [1.165, 1.54) is 5.56 Å². The molecule has 0 spiro atoms. The monoisotopic (exact) mass is 147 g/mol. The first kappa shape index (κ1) is 9.25. The minimum Gasteiger partial charge on any atom is -0.443 e. The van der Waals surface area contributed by atoms with Gasteiger partial charge in [0.15, 0.2) is 0 Å². The van der Waals surface area contributed by atoms with Crippen LogP contribution in [0.25, 0.3) is 6.08 Å². The van der Waals surface area contributed by atoms with Gasteiger partial charge in [-0.2, -0.15) is 5.26 Å². The molecule has 1 N–H and O–H groups in total. The topological polar surface area (TPSA) is 44.0 Å². The molecule has 0 heterocycles. The van der Waals surface area contributed by atoms with E-state index >= 15 is 0 Å². The molecule has 0 unspecified atom stereocenters. The van der Waals surface area contributed by atoms with E-state index < -0.39 is 0 Å². The molecule has 0 saturated carbocycles. The van der Waals surface area contributed by atoms with Gasteiger partial charge in [0.1, 0.15) is 0 Å². The lowest BCUT2D eigenvalue weighted by molar-refractivity contribution is 0.503. The molecule has 2 nitrogen and oxygen atoms in total. The highest BCUT2D eigenvalue weighted by molar-refractivity contribution is 5.45. The van der Waals surface area contributed by atoms with Crippen LogP contribution in [0.3, 0.4) is 0 Å². The molecule has 56 valence electrons. The molecule has 0 aliphatic heterocycles. The smallest absolute Gasteiger partial charge is 0.283 e. The second-order valence-corrected chi connectivity index (χ2v) is 1.71. The first-order chi connectivity index (χ1) is 5.35. The summed E-state index contributed by atoms with van der Waals surface area (Å²) in [5.41, 5.74) is 1.17. The molecule has 0 fully saturated rings. The highest BCUT2D eigenvalue weighted by atomic mass is 16.2. The van der Waals surface area contributed by atoms with Gasteiger partial charge < -0.3 is 5.11 Å². The van der Waals surface area contributed by atoms with E-state index in [4.69, 9.17) is 10.4 Å². The Labute approximate surface area is 66.0 Å². The van der Waals surface area contributed by atoms with Crippen molar-refractivity contribution in [3.63, 3.8) is 0 Å². The fourth-order valence-corrected chi connectivity index (χ4v) is 0.589. The van der Waals surface area contributed by atoms with Gasteiger partial charge in [-0.3, -0.25) is 0 Å². The van der Waals surface area contributed by atoms with Gasteiger partial charge in [-0.25, -0.2) is 0 Å². The Morgan fingerprint density at radius 2 is 1.82 bits per heavy atom. The van der Waals surface area contributed by atoms with Gasteiger partial charge in [-0.15, -0.1) is 0 Å². The predicted molar refractivity (Wildman–Crippen MR) is 44.1 cm³/mol. The van der Waals surface area contributed by atoms with Crippen LogP contribution < -0.4 is 0 Å². The normalized spacial score (nSPS) is 6.82. The zero-order chi connectivity index (χ0) is 8.53. The predicted octanol–water partition coefficient (Wildman–Crippen LogP) is 2.17. The second kappa shape index (κ2) is 6.37.